The number of nitrogens with zero attached hydrogens (tertiary/aromatic N) is 4. The molecule has 8 heteroatoms. The molecule has 0 saturated carbocycles. The van der Waals surface area contributed by atoms with Gasteiger partial charge in [0.15, 0.2) is 10.8 Å². The molecule has 3 aromatic carbocycles. The van der Waals surface area contributed by atoms with Crippen LogP contribution in [0.2, 0.25) is 0 Å². The number of aryl methyl sites for hydroxylation is 1. The van der Waals surface area contributed by atoms with E-state index in [0.717, 1.165) is 22.4 Å². The molecule has 0 fully saturated rings. The van der Waals surface area contributed by atoms with Gasteiger partial charge in [0.05, 0.1) is 24.0 Å². The molecular weight excluding hydrogens is 482 g/mol. The summed E-state index contributed by atoms with van der Waals surface area (Å²) in [6.45, 7) is 2.03. The average Bonchev–Trinajstić information content (AvgIpc) is 3.54. The van der Waals surface area contributed by atoms with E-state index in [2.05, 4.69) is 10.4 Å². The molecule has 7 nitrogen and oxygen atoms in total. The van der Waals surface area contributed by atoms with Gasteiger partial charge in [0.25, 0.3) is 5.56 Å². The molecule has 2 aromatic heterocycles. The van der Waals surface area contributed by atoms with Gasteiger partial charge in [-0.15, -0.1) is 0 Å². The van der Waals surface area contributed by atoms with Gasteiger partial charge in [0, 0.05) is 12.2 Å². The van der Waals surface area contributed by atoms with Crippen molar-refractivity contribution in [1.82, 2.24) is 24.6 Å². The molecule has 0 saturated heterocycles. The molecule has 1 aliphatic rings. The number of benzene rings is 3. The Bertz CT molecular complexity index is 1590. The van der Waals surface area contributed by atoms with Crippen LogP contribution in [-0.4, -0.2) is 31.0 Å². The van der Waals surface area contributed by atoms with Crippen molar-refractivity contribution < 1.29 is 4.79 Å². The molecular formula is C29H25N5O2S. The number of hydrogen-bond donors (Lipinski definition) is 1. The summed E-state index contributed by atoms with van der Waals surface area (Å²) < 4.78 is 3.36. The molecule has 1 atom stereocenters. The van der Waals surface area contributed by atoms with Crippen molar-refractivity contribution in [3.63, 3.8) is 0 Å². The first-order valence-corrected chi connectivity index (χ1v) is 13.2. The lowest BCUT2D eigenvalue weighted by atomic mass is 9.98. The fraction of sp³-hybridized carbons (Fsp3) is 0.172. The molecule has 1 amide bonds. The van der Waals surface area contributed by atoms with Crippen molar-refractivity contribution >= 4 is 28.7 Å². The number of thioether (sulfide) groups is 1. The van der Waals surface area contributed by atoms with Crippen LogP contribution in [0.5, 0.6) is 0 Å². The van der Waals surface area contributed by atoms with Crippen LogP contribution in [0.25, 0.3) is 16.7 Å². The van der Waals surface area contributed by atoms with E-state index < -0.39 is 0 Å². The third-order valence-corrected chi connectivity index (χ3v) is 7.74. The Kier molecular flexibility index (Phi) is 6.10. The van der Waals surface area contributed by atoms with Crippen LogP contribution < -0.4 is 10.9 Å². The minimum absolute atomic E-state index is 0.112. The second-order valence-electron chi connectivity index (χ2n) is 9.19. The number of aromatic nitrogens is 4. The number of hydrogen-bond acceptors (Lipinski definition) is 5. The maximum Gasteiger partial charge on any atom is 0.265 e. The first-order chi connectivity index (χ1) is 18.1. The second-order valence-corrected chi connectivity index (χ2v) is 10.2. The molecule has 0 radical (unpaired) electrons. The maximum atomic E-state index is 13.5. The summed E-state index contributed by atoms with van der Waals surface area (Å²) in [5.41, 5.74) is 4.38. The standard InChI is InChI=1S/C29H25N5O2S/c1-19-12-14-22(15-13-19)34-27-24(17-30-34)28(36)33-23(18-37-29(33)32-27)16-25(35)31-26(20-8-4-2-5-9-20)21-10-6-3-7-11-21/h2-15,17,23,26H,16,18H2,1H3,(H,31,35). The molecule has 184 valence electrons. The summed E-state index contributed by atoms with van der Waals surface area (Å²) in [4.78, 5) is 31.6. The van der Waals surface area contributed by atoms with Crippen LogP contribution >= 0.6 is 11.8 Å². The predicted molar refractivity (Wildman–Crippen MR) is 145 cm³/mol. The highest BCUT2D eigenvalue weighted by Gasteiger charge is 2.30. The zero-order valence-electron chi connectivity index (χ0n) is 20.2. The van der Waals surface area contributed by atoms with Crippen molar-refractivity contribution in [2.75, 3.05) is 5.75 Å². The fourth-order valence-corrected chi connectivity index (χ4v) is 5.87. The zero-order chi connectivity index (χ0) is 25.4. The number of fused-ring (bicyclic) bond motifs is 2. The number of carbonyl (C=O) groups is 1. The van der Waals surface area contributed by atoms with E-state index in [0.29, 0.717) is 21.9 Å². The van der Waals surface area contributed by atoms with Crippen molar-refractivity contribution in [1.29, 1.82) is 0 Å². The second kappa shape index (κ2) is 9.71. The SMILES string of the molecule is Cc1ccc(-n2ncc3c(=O)n4c(nc32)SCC4CC(=O)NC(c2ccccc2)c2ccccc2)cc1. The monoisotopic (exact) mass is 507 g/mol. The van der Waals surface area contributed by atoms with Gasteiger partial charge in [-0.2, -0.15) is 5.10 Å². The van der Waals surface area contributed by atoms with Crippen molar-refractivity contribution in [3.05, 3.63) is 118 Å². The van der Waals surface area contributed by atoms with Crippen LogP contribution in [0.15, 0.2) is 101 Å². The van der Waals surface area contributed by atoms with Crippen LogP contribution in [0, 0.1) is 6.92 Å². The topological polar surface area (TPSA) is 81.8 Å². The van der Waals surface area contributed by atoms with Gasteiger partial charge in [-0.25, -0.2) is 9.67 Å². The lowest BCUT2D eigenvalue weighted by Gasteiger charge is -2.21. The smallest absolute Gasteiger partial charge is 0.265 e. The number of carbonyl (C=O) groups excluding carboxylic acids is 1. The first-order valence-electron chi connectivity index (χ1n) is 12.2. The van der Waals surface area contributed by atoms with Crippen LogP contribution in [0.3, 0.4) is 0 Å². The Morgan fingerprint density at radius 3 is 2.30 bits per heavy atom. The molecule has 0 spiro atoms. The van der Waals surface area contributed by atoms with Gasteiger partial charge in [-0.3, -0.25) is 14.2 Å². The summed E-state index contributed by atoms with van der Waals surface area (Å²) >= 11 is 1.50. The van der Waals surface area contributed by atoms with Gasteiger partial charge >= 0.3 is 0 Å². The molecule has 1 N–H and O–H groups in total. The third-order valence-electron chi connectivity index (χ3n) is 6.64. The minimum Gasteiger partial charge on any atom is -0.345 e. The molecule has 6 rings (SSSR count). The summed E-state index contributed by atoms with van der Waals surface area (Å²) in [6.07, 6.45) is 1.76. The number of rotatable bonds is 6. The average molecular weight is 508 g/mol. The largest absolute Gasteiger partial charge is 0.345 e. The van der Waals surface area contributed by atoms with E-state index in [1.165, 1.54) is 11.8 Å². The van der Waals surface area contributed by atoms with E-state index in [4.69, 9.17) is 4.98 Å². The summed E-state index contributed by atoms with van der Waals surface area (Å²) in [6, 6.07) is 27.2. The van der Waals surface area contributed by atoms with Crippen molar-refractivity contribution in [2.24, 2.45) is 0 Å². The Labute approximate surface area is 218 Å². The molecule has 0 aliphatic carbocycles. The summed E-state index contributed by atoms with van der Waals surface area (Å²) in [5.74, 6) is 0.500. The quantitative estimate of drug-likeness (QED) is 0.333. The molecule has 1 aliphatic heterocycles. The molecule has 3 heterocycles. The van der Waals surface area contributed by atoms with E-state index in [1.54, 1.807) is 15.4 Å². The Morgan fingerprint density at radius 1 is 1.00 bits per heavy atom. The minimum atomic E-state index is -0.278. The maximum absolute atomic E-state index is 13.5. The highest BCUT2D eigenvalue weighted by atomic mass is 32.2. The lowest BCUT2D eigenvalue weighted by molar-refractivity contribution is -0.122. The van der Waals surface area contributed by atoms with Crippen molar-refractivity contribution in [3.8, 4) is 5.69 Å². The molecule has 1 unspecified atom stereocenters. The van der Waals surface area contributed by atoms with Gasteiger partial charge < -0.3 is 5.32 Å². The van der Waals surface area contributed by atoms with E-state index >= 15 is 0 Å². The van der Waals surface area contributed by atoms with Gasteiger partial charge in [0.1, 0.15) is 5.39 Å². The fourth-order valence-electron chi connectivity index (χ4n) is 4.74. The lowest BCUT2D eigenvalue weighted by Crippen LogP contribution is -2.33. The normalized spacial score (nSPS) is 14.7. The van der Waals surface area contributed by atoms with Crippen LogP contribution in [0.1, 0.15) is 35.2 Å². The van der Waals surface area contributed by atoms with Crippen LogP contribution in [0.4, 0.5) is 0 Å². The van der Waals surface area contributed by atoms with Gasteiger partial charge in [-0.05, 0) is 30.2 Å². The van der Waals surface area contributed by atoms with Gasteiger partial charge in [-0.1, -0.05) is 90.1 Å². The number of amides is 1. The Hall–Kier alpha value is -4.17. The Balaban J connectivity index is 1.28. The Morgan fingerprint density at radius 2 is 1.65 bits per heavy atom. The van der Waals surface area contributed by atoms with E-state index in [-0.39, 0.29) is 30.0 Å². The van der Waals surface area contributed by atoms with Gasteiger partial charge in [0.2, 0.25) is 5.91 Å². The summed E-state index contributed by atoms with van der Waals surface area (Å²) in [7, 11) is 0. The zero-order valence-corrected chi connectivity index (χ0v) is 21.1. The van der Waals surface area contributed by atoms with E-state index in [1.807, 2.05) is 91.9 Å². The number of nitrogens with one attached hydrogen (secondary N) is 1. The van der Waals surface area contributed by atoms with Crippen LogP contribution in [-0.2, 0) is 4.79 Å². The summed E-state index contributed by atoms with van der Waals surface area (Å²) in [5, 5.41) is 8.70. The molecule has 0 bridgehead atoms. The highest BCUT2D eigenvalue weighted by Crippen LogP contribution is 2.34. The predicted octanol–water partition coefficient (Wildman–Crippen LogP) is 4.83. The molecule has 5 aromatic rings. The first kappa shape index (κ1) is 23.2. The van der Waals surface area contributed by atoms with E-state index in [9.17, 15) is 9.59 Å². The van der Waals surface area contributed by atoms with Crippen molar-refractivity contribution in [2.45, 2.75) is 30.6 Å². The highest BCUT2D eigenvalue weighted by molar-refractivity contribution is 7.99. The third kappa shape index (κ3) is 4.44. The molecule has 37 heavy (non-hydrogen) atoms.